The van der Waals surface area contributed by atoms with Crippen LogP contribution in [-0.2, 0) is 6.54 Å². The number of rotatable bonds is 8. The van der Waals surface area contributed by atoms with E-state index in [2.05, 4.69) is 46.5 Å². The van der Waals surface area contributed by atoms with Crippen LogP contribution in [0.15, 0.2) is 22.7 Å². The lowest BCUT2D eigenvalue weighted by Gasteiger charge is -2.08. The molecule has 0 saturated carbocycles. The minimum Gasteiger partial charge on any atom is -0.316 e. The molecule has 1 rings (SSSR count). The van der Waals surface area contributed by atoms with E-state index in [9.17, 15) is 0 Å². The van der Waals surface area contributed by atoms with Gasteiger partial charge in [-0.05, 0) is 65.6 Å². The van der Waals surface area contributed by atoms with Crippen LogP contribution < -0.4 is 10.6 Å². The molecule has 0 aromatic heterocycles. The molecule has 0 bridgehead atoms. The lowest BCUT2D eigenvalue weighted by atomic mass is 10.2. The SMILES string of the molecule is CC(C)CNCCCNCc1ccc(Br)c(Cl)c1. The van der Waals surface area contributed by atoms with Crippen LogP contribution in [0.25, 0.3) is 0 Å². The van der Waals surface area contributed by atoms with Gasteiger partial charge in [0.25, 0.3) is 0 Å². The quantitative estimate of drug-likeness (QED) is 0.707. The zero-order valence-corrected chi connectivity index (χ0v) is 13.4. The minimum absolute atomic E-state index is 0.725. The van der Waals surface area contributed by atoms with E-state index in [-0.39, 0.29) is 0 Å². The van der Waals surface area contributed by atoms with Gasteiger partial charge >= 0.3 is 0 Å². The highest BCUT2D eigenvalue weighted by atomic mass is 79.9. The summed E-state index contributed by atoms with van der Waals surface area (Å²) in [5, 5.41) is 7.63. The van der Waals surface area contributed by atoms with E-state index in [1.54, 1.807) is 0 Å². The van der Waals surface area contributed by atoms with E-state index in [1.165, 1.54) is 5.56 Å². The molecule has 0 unspecified atom stereocenters. The molecule has 0 amide bonds. The molecule has 1 aromatic rings. The van der Waals surface area contributed by atoms with Crippen molar-refractivity contribution in [2.24, 2.45) is 5.92 Å². The summed E-state index contributed by atoms with van der Waals surface area (Å²) in [7, 11) is 0. The molecular formula is C14H22BrClN2. The monoisotopic (exact) mass is 332 g/mol. The highest BCUT2D eigenvalue weighted by molar-refractivity contribution is 9.10. The maximum atomic E-state index is 6.04. The van der Waals surface area contributed by atoms with Gasteiger partial charge in [0.1, 0.15) is 0 Å². The Labute approximate surface area is 124 Å². The van der Waals surface area contributed by atoms with Crippen molar-refractivity contribution in [3.8, 4) is 0 Å². The number of hydrogen-bond acceptors (Lipinski definition) is 2. The van der Waals surface area contributed by atoms with Crippen LogP contribution in [0.5, 0.6) is 0 Å². The minimum atomic E-state index is 0.725. The van der Waals surface area contributed by atoms with Gasteiger partial charge in [-0.3, -0.25) is 0 Å². The Morgan fingerprint density at radius 3 is 2.61 bits per heavy atom. The summed E-state index contributed by atoms with van der Waals surface area (Å²) in [6, 6.07) is 6.07. The fourth-order valence-electron chi connectivity index (χ4n) is 1.61. The van der Waals surface area contributed by atoms with Gasteiger partial charge in [-0.25, -0.2) is 0 Å². The van der Waals surface area contributed by atoms with E-state index in [1.807, 2.05) is 12.1 Å². The first-order valence-corrected chi connectivity index (χ1v) is 7.62. The van der Waals surface area contributed by atoms with Gasteiger partial charge in [0.2, 0.25) is 0 Å². The molecule has 0 aliphatic heterocycles. The summed E-state index contributed by atoms with van der Waals surface area (Å²) >= 11 is 9.43. The van der Waals surface area contributed by atoms with Crippen LogP contribution in [0.1, 0.15) is 25.8 Å². The van der Waals surface area contributed by atoms with Gasteiger partial charge in [-0.1, -0.05) is 31.5 Å². The third-order valence-corrected chi connectivity index (χ3v) is 3.81. The highest BCUT2D eigenvalue weighted by Gasteiger charge is 1.98. The Morgan fingerprint density at radius 1 is 1.22 bits per heavy atom. The largest absolute Gasteiger partial charge is 0.316 e. The number of benzene rings is 1. The normalized spacial score (nSPS) is 11.2. The second-order valence-electron chi connectivity index (χ2n) is 4.88. The van der Waals surface area contributed by atoms with Crippen LogP contribution in [-0.4, -0.2) is 19.6 Å². The van der Waals surface area contributed by atoms with Crippen molar-refractivity contribution in [1.82, 2.24) is 10.6 Å². The van der Waals surface area contributed by atoms with Crippen LogP contribution in [0, 0.1) is 5.92 Å². The van der Waals surface area contributed by atoms with Crippen molar-refractivity contribution in [1.29, 1.82) is 0 Å². The first-order chi connectivity index (χ1) is 8.59. The van der Waals surface area contributed by atoms with E-state index in [0.717, 1.165) is 48.0 Å². The van der Waals surface area contributed by atoms with Crippen molar-refractivity contribution in [2.75, 3.05) is 19.6 Å². The molecule has 0 radical (unpaired) electrons. The molecule has 0 spiro atoms. The average molecular weight is 334 g/mol. The molecule has 18 heavy (non-hydrogen) atoms. The maximum absolute atomic E-state index is 6.04. The van der Waals surface area contributed by atoms with Crippen LogP contribution in [0.4, 0.5) is 0 Å². The fourth-order valence-corrected chi connectivity index (χ4v) is 2.06. The van der Waals surface area contributed by atoms with Gasteiger partial charge in [0.05, 0.1) is 5.02 Å². The third kappa shape index (κ3) is 6.74. The van der Waals surface area contributed by atoms with Gasteiger partial charge in [-0.15, -0.1) is 0 Å². The third-order valence-electron chi connectivity index (χ3n) is 2.57. The van der Waals surface area contributed by atoms with Gasteiger partial charge in [0, 0.05) is 11.0 Å². The second-order valence-corrected chi connectivity index (χ2v) is 6.14. The maximum Gasteiger partial charge on any atom is 0.0551 e. The lowest BCUT2D eigenvalue weighted by molar-refractivity contribution is 0.530. The predicted molar refractivity (Wildman–Crippen MR) is 83.2 cm³/mol. The molecule has 0 saturated heterocycles. The standard InChI is InChI=1S/C14H22BrClN2/c1-11(2)9-17-6-3-7-18-10-12-4-5-13(15)14(16)8-12/h4-5,8,11,17-18H,3,6-7,9-10H2,1-2H3. The van der Waals surface area contributed by atoms with Crippen molar-refractivity contribution in [3.63, 3.8) is 0 Å². The Kier molecular flexibility index (Phi) is 7.91. The van der Waals surface area contributed by atoms with Crippen molar-refractivity contribution >= 4 is 27.5 Å². The summed E-state index contributed by atoms with van der Waals surface area (Å²) in [6.07, 6.45) is 1.15. The molecule has 2 N–H and O–H groups in total. The number of halogens is 2. The molecule has 0 atom stereocenters. The molecule has 4 heteroatoms. The van der Waals surface area contributed by atoms with Crippen LogP contribution in [0.3, 0.4) is 0 Å². The molecule has 2 nitrogen and oxygen atoms in total. The highest BCUT2D eigenvalue weighted by Crippen LogP contribution is 2.22. The second kappa shape index (κ2) is 8.92. The zero-order chi connectivity index (χ0) is 13.4. The number of hydrogen-bond donors (Lipinski definition) is 2. The van der Waals surface area contributed by atoms with Crippen molar-refractivity contribution in [2.45, 2.75) is 26.8 Å². The molecule has 0 heterocycles. The molecule has 0 aliphatic carbocycles. The summed E-state index contributed by atoms with van der Waals surface area (Å²) in [5.41, 5.74) is 1.22. The summed E-state index contributed by atoms with van der Waals surface area (Å²) in [6.45, 7) is 8.52. The van der Waals surface area contributed by atoms with Crippen LogP contribution >= 0.6 is 27.5 Å². The molecule has 0 aliphatic rings. The molecule has 102 valence electrons. The zero-order valence-electron chi connectivity index (χ0n) is 11.1. The fraction of sp³-hybridized carbons (Fsp3) is 0.571. The summed E-state index contributed by atoms with van der Waals surface area (Å²) < 4.78 is 0.950. The lowest BCUT2D eigenvalue weighted by Crippen LogP contribution is -2.24. The number of nitrogens with one attached hydrogen (secondary N) is 2. The van der Waals surface area contributed by atoms with E-state index in [4.69, 9.17) is 11.6 Å². The molecule has 1 aromatic carbocycles. The van der Waals surface area contributed by atoms with E-state index >= 15 is 0 Å². The van der Waals surface area contributed by atoms with E-state index in [0.29, 0.717) is 0 Å². The van der Waals surface area contributed by atoms with E-state index < -0.39 is 0 Å². The Morgan fingerprint density at radius 2 is 1.94 bits per heavy atom. The molecule has 0 fully saturated rings. The van der Waals surface area contributed by atoms with Gasteiger partial charge < -0.3 is 10.6 Å². The Hall–Kier alpha value is -0.0900. The predicted octanol–water partition coefficient (Wildman–Crippen LogP) is 3.83. The first kappa shape index (κ1) is 16.0. The summed E-state index contributed by atoms with van der Waals surface area (Å²) in [5.74, 6) is 0.725. The Bertz CT molecular complexity index is 356. The van der Waals surface area contributed by atoms with Crippen molar-refractivity contribution < 1.29 is 0 Å². The van der Waals surface area contributed by atoms with Crippen molar-refractivity contribution in [3.05, 3.63) is 33.3 Å². The first-order valence-electron chi connectivity index (χ1n) is 6.45. The Balaban J connectivity index is 2.09. The summed E-state index contributed by atoms with van der Waals surface area (Å²) in [4.78, 5) is 0. The molecular weight excluding hydrogens is 312 g/mol. The smallest absolute Gasteiger partial charge is 0.0551 e. The van der Waals surface area contributed by atoms with Gasteiger partial charge in [-0.2, -0.15) is 0 Å². The van der Waals surface area contributed by atoms with Gasteiger partial charge in [0.15, 0.2) is 0 Å². The average Bonchev–Trinajstić information content (AvgIpc) is 2.32. The van der Waals surface area contributed by atoms with Crippen LogP contribution in [0.2, 0.25) is 5.02 Å². The topological polar surface area (TPSA) is 24.1 Å².